The SMILES string of the molecule is CC(=O)N1CC2CC(N)CC(C2)C1. The number of carbonyl (C=O) groups is 1. The molecule has 1 heterocycles. The maximum absolute atomic E-state index is 11.2. The fraction of sp³-hybridized carbons (Fsp3) is 0.900. The Morgan fingerprint density at radius 3 is 2.23 bits per heavy atom. The first-order valence-electron chi connectivity index (χ1n) is 5.16. The molecular formula is C10H18N2O. The lowest BCUT2D eigenvalue weighted by atomic mass is 9.75. The molecule has 2 atom stereocenters. The van der Waals surface area contributed by atoms with Crippen molar-refractivity contribution in [3.63, 3.8) is 0 Å². The maximum atomic E-state index is 11.2. The number of piperidine rings is 1. The van der Waals surface area contributed by atoms with Crippen LogP contribution in [0, 0.1) is 11.8 Å². The molecule has 1 aliphatic carbocycles. The molecule has 1 saturated carbocycles. The quantitative estimate of drug-likeness (QED) is 0.596. The van der Waals surface area contributed by atoms with E-state index < -0.39 is 0 Å². The predicted octanol–water partition coefficient (Wildman–Crippen LogP) is 0.592. The molecule has 13 heavy (non-hydrogen) atoms. The summed E-state index contributed by atoms with van der Waals surface area (Å²) >= 11 is 0. The van der Waals surface area contributed by atoms with Crippen LogP contribution in [0.5, 0.6) is 0 Å². The van der Waals surface area contributed by atoms with Gasteiger partial charge in [0, 0.05) is 26.1 Å². The van der Waals surface area contributed by atoms with Gasteiger partial charge >= 0.3 is 0 Å². The van der Waals surface area contributed by atoms with E-state index in [0.717, 1.165) is 25.9 Å². The summed E-state index contributed by atoms with van der Waals surface area (Å²) in [6.45, 7) is 3.56. The second-order valence-electron chi connectivity index (χ2n) is 4.62. The fourth-order valence-electron chi connectivity index (χ4n) is 2.87. The minimum Gasteiger partial charge on any atom is -0.342 e. The Bertz CT molecular complexity index is 199. The van der Waals surface area contributed by atoms with Crippen LogP contribution in [0.2, 0.25) is 0 Å². The number of likely N-dealkylation sites (tertiary alicyclic amines) is 1. The van der Waals surface area contributed by atoms with E-state index in [0.29, 0.717) is 17.9 Å². The molecule has 1 amide bonds. The van der Waals surface area contributed by atoms with Crippen LogP contribution in [0.25, 0.3) is 0 Å². The molecule has 2 unspecified atom stereocenters. The molecule has 2 rings (SSSR count). The summed E-state index contributed by atoms with van der Waals surface area (Å²) in [6.07, 6.45) is 3.51. The number of fused-ring (bicyclic) bond motifs is 2. The molecule has 3 heteroatoms. The molecule has 0 spiro atoms. The van der Waals surface area contributed by atoms with Gasteiger partial charge in [-0.05, 0) is 31.1 Å². The highest BCUT2D eigenvalue weighted by atomic mass is 16.2. The minimum absolute atomic E-state index is 0.227. The van der Waals surface area contributed by atoms with Crippen molar-refractivity contribution in [1.29, 1.82) is 0 Å². The van der Waals surface area contributed by atoms with Crippen molar-refractivity contribution in [3.05, 3.63) is 0 Å². The first-order chi connectivity index (χ1) is 6.15. The van der Waals surface area contributed by atoms with E-state index in [1.54, 1.807) is 6.92 Å². The van der Waals surface area contributed by atoms with Crippen molar-refractivity contribution < 1.29 is 4.79 Å². The summed E-state index contributed by atoms with van der Waals surface area (Å²) in [5, 5.41) is 0. The van der Waals surface area contributed by atoms with E-state index in [1.165, 1.54) is 6.42 Å². The zero-order valence-corrected chi connectivity index (χ0v) is 8.20. The number of nitrogens with zero attached hydrogens (tertiary/aromatic N) is 1. The number of amides is 1. The molecule has 2 aliphatic rings. The smallest absolute Gasteiger partial charge is 0.219 e. The topological polar surface area (TPSA) is 46.3 Å². The maximum Gasteiger partial charge on any atom is 0.219 e. The van der Waals surface area contributed by atoms with E-state index in [1.807, 2.05) is 4.90 Å². The largest absolute Gasteiger partial charge is 0.342 e. The van der Waals surface area contributed by atoms with Crippen LogP contribution < -0.4 is 5.73 Å². The molecule has 2 fully saturated rings. The average molecular weight is 182 g/mol. The molecule has 1 saturated heterocycles. The van der Waals surface area contributed by atoms with Gasteiger partial charge in [0.25, 0.3) is 0 Å². The molecule has 74 valence electrons. The van der Waals surface area contributed by atoms with Crippen molar-refractivity contribution in [2.75, 3.05) is 13.1 Å². The lowest BCUT2D eigenvalue weighted by molar-refractivity contribution is -0.132. The first kappa shape index (κ1) is 9.00. The Morgan fingerprint density at radius 2 is 1.77 bits per heavy atom. The van der Waals surface area contributed by atoms with Gasteiger partial charge in [0.15, 0.2) is 0 Å². The molecule has 2 bridgehead atoms. The zero-order valence-electron chi connectivity index (χ0n) is 8.20. The average Bonchev–Trinajstić information content (AvgIpc) is 2.01. The van der Waals surface area contributed by atoms with Crippen LogP contribution in [0.1, 0.15) is 26.2 Å². The molecule has 0 radical (unpaired) electrons. The van der Waals surface area contributed by atoms with E-state index in [2.05, 4.69) is 0 Å². The number of hydrogen-bond acceptors (Lipinski definition) is 2. The highest BCUT2D eigenvalue weighted by molar-refractivity contribution is 5.73. The van der Waals surface area contributed by atoms with E-state index in [-0.39, 0.29) is 5.91 Å². The third kappa shape index (κ3) is 1.85. The van der Waals surface area contributed by atoms with Gasteiger partial charge in [-0.2, -0.15) is 0 Å². The third-order valence-electron chi connectivity index (χ3n) is 3.34. The Labute approximate surface area is 79.3 Å². The van der Waals surface area contributed by atoms with Gasteiger partial charge < -0.3 is 10.6 Å². The molecule has 1 aliphatic heterocycles. The highest BCUT2D eigenvalue weighted by Crippen LogP contribution is 2.33. The van der Waals surface area contributed by atoms with Crippen molar-refractivity contribution in [1.82, 2.24) is 4.90 Å². The Morgan fingerprint density at radius 1 is 1.23 bits per heavy atom. The standard InChI is InChI=1S/C10H18N2O/c1-7(13)12-5-8-2-9(6-12)4-10(11)3-8/h8-10H,2-6,11H2,1H3. The molecule has 0 aromatic heterocycles. The summed E-state index contributed by atoms with van der Waals surface area (Å²) in [7, 11) is 0. The van der Waals surface area contributed by atoms with E-state index in [4.69, 9.17) is 5.73 Å². The summed E-state index contributed by atoms with van der Waals surface area (Å²) in [5.41, 5.74) is 5.94. The summed E-state index contributed by atoms with van der Waals surface area (Å²) in [6, 6.07) is 0.387. The number of carbonyl (C=O) groups excluding carboxylic acids is 1. The minimum atomic E-state index is 0.227. The third-order valence-corrected chi connectivity index (χ3v) is 3.34. The molecule has 3 nitrogen and oxygen atoms in total. The monoisotopic (exact) mass is 182 g/mol. The number of nitrogens with two attached hydrogens (primary N) is 1. The lowest BCUT2D eigenvalue weighted by Crippen LogP contribution is -2.49. The fourth-order valence-corrected chi connectivity index (χ4v) is 2.87. The second kappa shape index (κ2) is 3.29. The van der Waals surface area contributed by atoms with E-state index >= 15 is 0 Å². The van der Waals surface area contributed by atoms with Gasteiger partial charge in [-0.15, -0.1) is 0 Å². The lowest BCUT2D eigenvalue weighted by Gasteiger charge is -2.43. The van der Waals surface area contributed by atoms with Gasteiger partial charge in [0.1, 0.15) is 0 Å². The summed E-state index contributed by atoms with van der Waals surface area (Å²) in [5.74, 6) is 1.57. The molecule has 0 aromatic carbocycles. The van der Waals surface area contributed by atoms with Gasteiger partial charge in [-0.25, -0.2) is 0 Å². The summed E-state index contributed by atoms with van der Waals surface area (Å²) < 4.78 is 0. The number of hydrogen-bond donors (Lipinski definition) is 1. The zero-order chi connectivity index (χ0) is 9.42. The Hall–Kier alpha value is -0.570. The van der Waals surface area contributed by atoms with Crippen LogP contribution in [0.15, 0.2) is 0 Å². The molecular weight excluding hydrogens is 164 g/mol. The van der Waals surface area contributed by atoms with E-state index in [9.17, 15) is 4.79 Å². The Kier molecular flexibility index (Phi) is 2.28. The van der Waals surface area contributed by atoms with Gasteiger partial charge in [0.2, 0.25) is 5.91 Å². The van der Waals surface area contributed by atoms with Gasteiger partial charge in [0.05, 0.1) is 0 Å². The predicted molar refractivity (Wildman–Crippen MR) is 51.1 cm³/mol. The van der Waals surface area contributed by atoms with Crippen LogP contribution >= 0.6 is 0 Å². The second-order valence-corrected chi connectivity index (χ2v) is 4.62. The van der Waals surface area contributed by atoms with Gasteiger partial charge in [-0.3, -0.25) is 4.79 Å². The summed E-state index contributed by atoms with van der Waals surface area (Å²) in [4.78, 5) is 13.2. The number of rotatable bonds is 0. The van der Waals surface area contributed by atoms with Crippen molar-refractivity contribution in [2.45, 2.75) is 32.2 Å². The van der Waals surface area contributed by atoms with Crippen LogP contribution in [-0.2, 0) is 4.79 Å². The molecule has 2 N–H and O–H groups in total. The van der Waals surface area contributed by atoms with Crippen molar-refractivity contribution in [3.8, 4) is 0 Å². The van der Waals surface area contributed by atoms with Gasteiger partial charge in [-0.1, -0.05) is 0 Å². The highest BCUT2D eigenvalue weighted by Gasteiger charge is 2.34. The Balaban J connectivity index is 2.01. The van der Waals surface area contributed by atoms with Crippen LogP contribution in [0.3, 0.4) is 0 Å². The first-order valence-corrected chi connectivity index (χ1v) is 5.16. The van der Waals surface area contributed by atoms with Crippen molar-refractivity contribution in [2.24, 2.45) is 17.6 Å². The molecule has 0 aromatic rings. The van der Waals surface area contributed by atoms with Crippen molar-refractivity contribution >= 4 is 5.91 Å². The van der Waals surface area contributed by atoms with Crippen LogP contribution in [-0.4, -0.2) is 29.9 Å². The van der Waals surface area contributed by atoms with Crippen LogP contribution in [0.4, 0.5) is 0 Å². The normalized spacial score (nSPS) is 38.9.